The standard InChI is InChI=1S/C23H15F6N5O/c1-30-21(35)13-8-16(23(27,28)29)20(33-10-13)12-2-4-15-17(6-7-31-18(15)9-12)34-19-5-3-14(11-32-19)22(24,25)26/h2-11H,1H3,(H,30,35)(H,31,32,34). The third-order valence-electron chi connectivity index (χ3n) is 5.05. The number of anilines is 2. The van der Waals surface area contributed by atoms with Gasteiger partial charge in [-0.2, -0.15) is 26.3 Å². The van der Waals surface area contributed by atoms with E-state index in [2.05, 4.69) is 25.6 Å². The molecule has 0 unspecified atom stereocenters. The van der Waals surface area contributed by atoms with Crippen molar-refractivity contribution >= 4 is 28.3 Å². The van der Waals surface area contributed by atoms with Crippen molar-refractivity contribution in [3.05, 3.63) is 77.7 Å². The van der Waals surface area contributed by atoms with Crippen molar-refractivity contribution in [2.75, 3.05) is 12.4 Å². The van der Waals surface area contributed by atoms with Crippen LogP contribution in [0.2, 0.25) is 0 Å². The minimum atomic E-state index is -4.77. The number of benzene rings is 1. The first kappa shape index (κ1) is 23.9. The van der Waals surface area contributed by atoms with Crippen LogP contribution in [0.15, 0.2) is 61.1 Å². The first-order valence-electron chi connectivity index (χ1n) is 9.96. The minimum absolute atomic E-state index is 0.116. The number of hydrogen-bond donors (Lipinski definition) is 2. The van der Waals surface area contributed by atoms with Gasteiger partial charge in [-0.1, -0.05) is 12.1 Å². The molecular formula is C23H15F6N5O. The summed E-state index contributed by atoms with van der Waals surface area (Å²) in [4.78, 5) is 23.6. The second-order valence-electron chi connectivity index (χ2n) is 7.34. The zero-order valence-corrected chi connectivity index (χ0v) is 17.8. The average molecular weight is 491 g/mol. The minimum Gasteiger partial charge on any atom is -0.355 e. The summed E-state index contributed by atoms with van der Waals surface area (Å²) in [5.74, 6) is -0.567. The van der Waals surface area contributed by atoms with E-state index in [4.69, 9.17) is 0 Å². The lowest BCUT2D eigenvalue weighted by Crippen LogP contribution is -2.19. The fourth-order valence-corrected chi connectivity index (χ4v) is 3.36. The Hall–Kier alpha value is -4.22. The van der Waals surface area contributed by atoms with Crippen LogP contribution in [0.4, 0.5) is 37.8 Å². The zero-order chi connectivity index (χ0) is 25.4. The molecule has 4 rings (SSSR count). The molecule has 0 fully saturated rings. The van der Waals surface area contributed by atoms with Crippen LogP contribution < -0.4 is 10.6 Å². The number of hydrogen-bond acceptors (Lipinski definition) is 5. The van der Waals surface area contributed by atoms with Gasteiger partial charge in [0.25, 0.3) is 5.91 Å². The van der Waals surface area contributed by atoms with Gasteiger partial charge in [-0.15, -0.1) is 0 Å². The van der Waals surface area contributed by atoms with Gasteiger partial charge < -0.3 is 10.6 Å². The summed E-state index contributed by atoms with van der Waals surface area (Å²) >= 11 is 0. The summed E-state index contributed by atoms with van der Waals surface area (Å²) in [5.41, 5.74) is -1.73. The molecule has 2 N–H and O–H groups in total. The maximum atomic E-state index is 13.7. The maximum Gasteiger partial charge on any atom is 0.418 e. The highest BCUT2D eigenvalue weighted by Crippen LogP contribution is 2.38. The van der Waals surface area contributed by atoms with Crippen LogP contribution in [0.5, 0.6) is 0 Å². The molecule has 0 aliphatic rings. The van der Waals surface area contributed by atoms with Gasteiger partial charge in [0.05, 0.1) is 33.6 Å². The molecule has 0 aliphatic carbocycles. The van der Waals surface area contributed by atoms with E-state index in [1.54, 1.807) is 6.07 Å². The number of nitrogens with one attached hydrogen (secondary N) is 2. The van der Waals surface area contributed by atoms with E-state index in [1.165, 1.54) is 31.4 Å². The van der Waals surface area contributed by atoms with Gasteiger partial charge in [0.15, 0.2) is 0 Å². The van der Waals surface area contributed by atoms with Crippen LogP contribution in [0.1, 0.15) is 21.5 Å². The van der Waals surface area contributed by atoms with Gasteiger partial charge in [-0.25, -0.2) is 4.98 Å². The summed E-state index contributed by atoms with van der Waals surface area (Å²) in [7, 11) is 1.30. The van der Waals surface area contributed by atoms with Crippen LogP contribution >= 0.6 is 0 Å². The number of fused-ring (bicyclic) bond motifs is 1. The molecule has 1 aromatic carbocycles. The maximum absolute atomic E-state index is 13.7. The Kier molecular flexibility index (Phi) is 6.05. The Morgan fingerprint density at radius 3 is 2.26 bits per heavy atom. The van der Waals surface area contributed by atoms with E-state index in [0.717, 1.165) is 24.4 Å². The van der Waals surface area contributed by atoms with Crippen molar-refractivity contribution in [2.24, 2.45) is 0 Å². The van der Waals surface area contributed by atoms with Crippen molar-refractivity contribution in [3.8, 4) is 11.3 Å². The molecule has 3 aromatic heterocycles. The van der Waals surface area contributed by atoms with Crippen molar-refractivity contribution in [2.45, 2.75) is 12.4 Å². The Morgan fingerprint density at radius 1 is 0.857 bits per heavy atom. The molecule has 0 radical (unpaired) electrons. The number of halogens is 6. The van der Waals surface area contributed by atoms with Gasteiger partial charge in [0.1, 0.15) is 5.82 Å². The van der Waals surface area contributed by atoms with Crippen LogP contribution in [0, 0.1) is 0 Å². The summed E-state index contributed by atoms with van der Waals surface area (Å²) in [5, 5.41) is 5.64. The smallest absolute Gasteiger partial charge is 0.355 e. The summed E-state index contributed by atoms with van der Waals surface area (Å²) in [6.45, 7) is 0. The fourth-order valence-electron chi connectivity index (χ4n) is 3.36. The number of carbonyl (C=O) groups is 1. The number of amides is 1. The SMILES string of the molecule is CNC(=O)c1cnc(-c2ccc3c(Nc4ccc(C(F)(F)F)cn4)ccnc3c2)c(C(F)(F)F)c1. The molecule has 0 bridgehead atoms. The molecule has 180 valence electrons. The summed E-state index contributed by atoms with van der Waals surface area (Å²) in [6.07, 6.45) is -6.16. The molecular weight excluding hydrogens is 476 g/mol. The molecule has 3 heterocycles. The van der Waals surface area contributed by atoms with Crippen LogP contribution in [-0.4, -0.2) is 27.9 Å². The predicted octanol–water partition coefficient (Wildman–Crippen LogP) is 5.83. The van der Waals surface area contributed by atoms with Crippen LogP contribution in [-0.2, 0) is 12.4 Å². The zero-order valence-electron chi connectivity index (χ0n) is 17.8. The average Bonchev–Trinajstić information content (AvgIpc) is 2.82. The van der Waals surface area contributed by atoms with Crippen molar-refractivity contribution in [3.63, 3.8) is 0 Å². The number of rotatable bonds is 4. The van der Waals surface area contributed by atoms with E-state index in [1.807, 2.05) is 0 Å². The summed E-state index contributed by atoms with van der Waals surface area (Å²) < 4.78 is 79.4. The molecule has 0 saturated carbocycles. The molecule has 0 spiro atoms. The van der Waals surface area contributed by atoms with Gasteiger partial charge in [-0.3, -0.25) is 14.8 Å². The number of pyridine rings is 3. The number of nitrogens with zero attached hydrogens (tertiary/aromatic N) is 3. The van der Waals surface area contributed by atoms with E-state index < -0.39 is 29.4 Å². The normalized spacial score (nSPS) is 12.0. The van der Waals surface area contributed by atoms with Crippen molar-refractivity contribution in [1.29, 1.82) is 0 Å². The summed E-state index contributed by atoms with van der Waals surface area (Å²) in [6, 6.07) is 8.65. The first-order chi connectivity index (χ1) is 16.5. The third-order valence-corrected chi connectivity index (χ3v) is 5.05. The molecule has 12 heteroatoms. The predicted molar refractivity (Wildman–Crippen MR) is 116 cm³/mol. The lowest BCUT2D eigenvalue weighted by molar-refractivity contribution is -0.138. The van der Waals surface area contributed by atoms with Crippen molar-refractivity contribution < 1.29 is 31.1 Å². The van der Waals surface area contributed by atoms with Gasteiger partial charge >= 0.3 is 12.4 Å². The Bertz CT molecular complexity index is 1400. The molecule has 35 heavy (non-hydrogen) atoms. The fraction of sp³-hybridized carbons (Fsp3) is 0.130. The topological polar surface area (TPSA) is 79.8 Å². The third kappa shape index (κ3) is 5.00. The largest absolute Gasteiger partial charge is 0.418 e. The quantitative estimate of drug-likeness (QED) is 0.351. The molecule has 0 atom stereocenters. The van der Waals surface area contributed by atoms with Crippen molar-refractivity contribution in [1.82, 2.24) is 20.3 Å². The highest BCUT2D eigenvalue weighted by Gasteiger charge is 2.35. The Morgan fingerprint density at radius 2 is 1.63 bits per heavy atom. The Labute approximate surface area is 194 Å². The highest BCUT2D eigenvalue weighted by molar-refractivity contribution is 5.96. The lowest BCUT2D eigenvalue weighted by Gasteiger charge is -2.15. The van der Waals surface area contributed by atoms with Gasteiger partial charge in [-0.05, 0) is 30.3 Å². The van der Waals surface area contributed by atoms with E-state index in [9.17, 15) is 31.1 Å². The number of alkyl halides is 6. The highest BCUT2D eigenvalue weighted by atomic mass is 19.4. The molecule has 4 aromatic rings. The molecule has 6 nitrogen and oxygen atoms in total. The molecule has 0 saturated heterocycles. The second kappa shape index (κ2) is 8.85. The second-order valence-corrected chi connectivity index (χ2v) is 7.34. The first-order valence-corrected chi connectivity index (χ1v) is 9.96. The number of aromatic nitrogens is 3. The Balaban J connectivity index is 1.72. The van der Waals surface area contributed by atoms with E-state index >= 15 is 0 Å². The van der Waals surface area contributed by atoms with Gasteiger partial charge in [0, 0.05) is 36.6 Å². The van der Waals surface area contributed by atoms with Gasteiger partial charge in [0.2, 0.25) is 0 Å². The van der Waals surface area contributed by atoms with Crippen LogP contribution in [0.3, 0.4) is 0 Å². The molecule has 1 amide bonds. The lowest BCUT2D eigenvalue weighted by atomic mass is 10.0. The molecule has 0 aliphatic heterocycles. The monoisotopic (exact) mass is 491 g/mol. The van der Waals surface area contributed by atoms with E-state index in [-0.39, 0.29) is 22.6 Å². The van der Waals surface area contributed by atoms with E-state index in [0.29, 0.717) is 22.8 Å². The number of carbonyl (C=O) groups excluding carboxylic acids is 1. The van der Waals surface area contributed by atoms with Crippen LogP contribution in [0.25, 0.3) is 22.2 Å².